The number of nitrogens with two attached hydrogens (primary N) is 1. The highest BCUT2D eigenvalue weighted by atomic mass is 16.3. The molecule has 1 aromatic heterocycles. The number of aliphatic hydroxyl groups excluding tert-OH is 1. The summed E-state index contributed by atoms with van der Waals surface area (Å²) in [4.78, 5) is 6.23. The second kappa shape index (κ2) is 5.70. The molecule has 0 saturated heterocycles. The van der Waals surface area contributed by atoms with E-state index in [2.05, 4.69) is 4.98 Å². The molecule has 0 aromatic carbocycles. The van der Waals surface area contributed by atoms with Gasteiger partial charge in [-0.2, -0.15) is 0 Å². The van der Waals surface area contributed by atoms with Gasteiger partial charge >= 0.3 is 0 Å². The monoisotopic (exact) mass is 195 g/mol. The van der Waals surface area contributed by atoms with Crippen LogP contribution in [0.2, 0.25) is 0 Å². The summed E-state index contributed by atoms with van der Waals surface area (Å²) in [7, 11) is 1.96. The van der Waals surface area contributed by atoms with Gasteiger partial charge in [-0.05, 0) is 18.7 Å². The topological polar surface area (TPSA) is 62.4 Å². The second-order valence-corrected chi connectivity index (χ2v) is 3.27. The first-order chi connectivity index (χ1) is 6.77. The predicted octanol–water partition coefficient (Wildman–Crippen LogP) is -0.0356. The zero-order valence-electron chi connectivity index (χ0n) is 8.48. The molecule has 14 heavy (non-hydrogen) atoms. The highest BCUT2D eigenvalue weighted by Gasteiger charge is 2.04. The molecular weight excluding hydrogens is 178 g/mol. The lowest BCUT2D eigenvalue weighted by molar-refractivity contribution is 0.217. The van der Waals surface area contributed by atoms with E-state index in [1.54, 1.807) is 6.20 Å². The maximum Gasteiger partial charge on any atom is 0.0584 e. The van der Waals surface area contributed by atoms with E-state index in [4.69, 9.17) is 10.8 Å². The van der Waals surface area contributed by atoms with Crippen LogP contribution >= 0.6 is 0 Å². The van der Waals surface area contributed by atoms with Gasteiger partial charge in [0.05, 0.1) is 12.3 Å². The molecule has 1 rings (SSSR count). The Morgan fingerprint density at radius 2 is 2.36 bits per heavy atom. The van der Waals surface area contributed by atoms with Crippen molar-refractivity contribution in [2.45, 2.75) is 13.1 Å². The summed E-state index contributed by atoms with van der Waals surface area (Å²) in [6.45, 7) is 2.08. The lowest BCUT2D eigenvalue weighted by atomic mass is 10.2. The van der Waals surface area contributed by atoms with Gasteiger partial charge in [0.1, 0.15) is 0 Å². The van der Waals surface area contributed by atoms with Crippen molar-refractivity contribution in [1.82, 2.24) is 9.88 Å². The maximum atomic E-state index is 8.76. The fourth-order valence-corrected chi connectivity index (χ4v) is 1.34. The Bertz CT molecular complexity index is 278. The van der Waals surface area contributed by atoms with Gasteiger partial charge in [-0.15, -0.1) is 0 Å². The van der Waals surface area contributed by atoms with Gasteiger partial charge in [-0.3, -0.25) is 9.88 Å². The Balaban J connectivity index is 2.65. The van der Waals surface area contributed by atoms with Crippen LogP contribution in [0.15, 0.2) is 18.3 Å². The number of aromatic nitrogens is 1. The van der Waals surface area contributed by atoms with Crippen LogP contribution in [0, 0.1) is 0 Å². The summed E-state index contributed by atoms with van der Waals surface area (Å²) in [5, 5.41) is 8.76. The molecule has 1 heterocycles. The molecule has 78 valence electrons. The molecule has 0 aliphatic carbocycles. The number of likely N-dealkylation sites (N-methyl/N-ethyl adjacent to an activating group) is 1. The van der Waals surface area contributed by atoms with Crippen LogP contribution in [0.25, 0.3) is 0 Å². The third-order valence-corrected chi connectivity index (χ3v) is 2.10. The summed E-state index contributed by atoms with van der Waals surface area (Å²) >= 11 is 0. The Kier molecular flexibility index (Phi) is 4.52. The van der Waals surface area contributed by atoms with E-state index < -0.39 is 0 Å². The summed E-state index contributed by atoms with van der Waals surface area (Å²) < 4.78 is 0. The minimum absolute atomic E-state index is 0.175. The van der Waals surface area contributed by atoms with Crippen LogP contribution in [-0.2, 0) is 13.1 Å². The van der Waals surface area contributed by atoms with E-state index in [0.717, 1.165) is 17.8 Å². The van der Waals surface area contributed by atoms with Crippen molar-refractivity contribution in [3.63, 3.8) is 0 Å². The molecule has 0 atom stereocenters. The van der Waals surface area contributed by atoms with Crippen molar-refractivity contribution in [2.24, 2.45) is 5.73 Å². The first-order valence-corrected chi connectivity index (χ1v) is 4.70. The molecule has 0 saturated carbocycles. The minimum Gasteiger partial charge on any atom is -0.395 e. The number of hydrogen-bond acceptors (Lipinski definition) is 4. The number of nitrogens with zero attached hydrogens (tertiary/aromatic N) is 2. The summed E-state index contributed by atoms with van der Waals surface area (Å²) in [5.41, 5.74) is 7.63. The van der Waals surface area contributed by atoms with E-state index in [0.29, 0.717) is 13.1 Å². The SMILES string of the molecule is CN(CCO)Cc1cccnc1CN. The number of aliphatic hydroxyl groups is 1. The Morgan fingerprint density at radius 3 is 3.00 bits per heavy atom. The molecular formula is C10H17N3O. The van der Waals surface area contributed by atoms with Crippen molar-refractivity contribution < 1.29 is 5.11 Å². The number of hydrogen-bond donors (Lipinski definition) is 2. The molecule has 0 aliphatic heterocycles. The van der Waals surface area contributed by atoms with E-state index in [9.17, 15) is 0 Å². The third-order valence-electron chi connectivity index (χ3n) is 2.10. The van der Waals surface area contributed by atoms with Crippen molar-refractivity contribution in [1.29, 1.82) is 0 Å². The van der Waals surface area contributed by atoms with Crippen LogP contribution in [0.3, 0.4) is 0 Å². The van der Waals surface area contributed by atoms with Gasteiger partial charge in [0.2, 0.25) is 0 Å². The van der Waals surface area contributed by atoms with Crippen LogP contribution in [0.4, 0.5) is 0 Å². The molecule has 0 unspecified atom stereocenters. The molecule has 0 radical (unpaired) electrons. The standard InChI is InChI=1S/C10H17N3O/c1-13(5-6-14)8-9-3-2-4-12-10(9)7-11/h2-4,14H,5-8,11H2,1H3. The fraction of sp³-hybridized carbons (Fsp3) is 0.500. The molecule has 4 nitrogen and oxygen atoms in total. The normalized spacial score (nSPS) is 10.9. The second-order valence-electron chi connectivity index (χ2n) is 3.27. The molecule has 1 aromatic rings. The van der Waals surface area contributed by atoms with Crippen molar-refractivity contribution in [3.05, 3.63) is 29.6 Å². The van der Waals surface area contributed by atoms with Gasteiger partial charge < -0.3 is 10.8 Å². The van der Waals surface area contributed by atoms with E-state index >= 15 is 0 Å². The van der Waals surface area contributed by atoms with Gasteiger partial charge in [0, 0.05) is 25.8 Å². The molecule has 3 N–H and O–H groups in total. The zero-order valence-corrected chi connectivity index (χ0v) is 8.48. The third kappa shape index (κ3) is 3.06. The van der Waals surface area contributed by atoms with Crippen molar-refractivity contribution >= 4 is 0 Å². The average Bonchev–Trinajstić information content (AvgIpc) is 2.19. The lowest BCUT2D eigenvalue weighted by Crippen LogP contribution is -2.22. The highest BCUT2D eigenvalue weighted by molar-refractivity contribution is 5.19. The van der Waals surface area contributed by atoms with E-state index in [1.165, 1.54) is 0 Å². The van der Waals surface area contributed by atoms with Crippen LogP contribution in [0.1, 0.15) is 11.3 Å². The average molecular weight is 195 g/mol. The van der Waals surface area contributed by atoms with Gasteiger partial charge in [0.15, 0.2) is 0 Å². The van der Waals surface area contributed by atoms with Gasteiger partial charge in [-0.25, -0.2) is 0 Å². The van der Waals surface area contributed by atoms with Gasteiger partial charge in [-0.1, -0.05) is 6.07 Å². The highest BCUT2D eigenvalue weighted by Crippen LogP contribution is 2.06. The minimum atomic E-state index is 0.175. The quantitative estimate of drug-likeness (QED) is 0.692. The van der Waals surface area contributed by atoms with Crippen molar-refractivity contribution in [2.75, 3.05) is 20.2 Å². The Labute approximate surface area is 84.4 Å². The molecule has 0 bridgehead atoms. The largest absolute Gasteiger partial charge is 0.395 e. The van der Waals surface area contributed by atoms with Crippen LogP contribution < -0.4 is 5.73 Å². The van der Waals surface area contributed by atoms with Gasteiger partial charge in [0.25, 0.3) is 0 Å². The fourth-order valence-electron chi connectivity index (χ4n) is 1.34. The van der Waals surface area contributed by atoms with Crippen LogP contribution in [-0.4, -0.2) is 35.2 Å². The molecule has 4 heteroatoms. The van der Waals surface area contributed by atoms with E-state index in [-0.39, 0.29) is 6.61 Å². The molecule has 0 spiro atoms. The Hall–Kier alpha value is -0.970. The van der Waals surface area contributed by atoms with E-state index in [1.807, 2.05) is 24.1 Å². The molecule has 0 fully saturated rings. The summed E-state index contributed by atoms with van der Waals surface area (Å²) in [5.74, 6) is 0. The molecule has 0 aliphatic rings. The lowest BCUT2D eigenvalue weighted by Gasteiger charge is -2.16. The maximum absolute atomic E-state index is 8.76. The number of rotatable bonds is 5. The summed E-state index contributed by atoms with van der Waals surface area (Å²) in [6.07, 6.45) is 1.75. The smallest absolute Gasteiger partial charge is 0.0584 e. The number of pyridine rings is 1. The Morgan fingerprint density at radius 1 is 1.57 bits per heavy atom. The predicted molar refractivity (Wildman–Crippen MR) is 55.5 cm³/mol. The zero-order chi connectivity index (χ0) is 10.4. The first-order valence-electron chi connectivity index (χ1n) is 4.70. The molecule has 0 amide bonds. The first kappa shape index (κ1) is 11.1. The summed E-state index contributed by atoms with van der Waals surface area (Å²) in [6, 6.07) is 3.92. The van der Waals surface area contributed by atoms with Crippen molar-refractivity contribution in [3.8, 4) is 0 Å². The van der Waals surface area contributed by atoms with Crippen LogP contribution in [0.5, 0.6) is 0 Å².